The van der Waals surface area contributed by atoms with Crippen LogP contribution in [0.25, 0.3) is 0 Å². The van der Waals surface area contributed by atoms with Gasteiger partial charge in [-0.25, -0.2) is 0 Å². The van der Waals surface area contributed by atoms with E-state index in [4.69, 9.17) is 4.74 Å². The molecule has 4 nitrogen and oxygen atoms in total. The van der Waals surface area contributed by atoms with E-state index in [9.17, 15) is 9.90 Å². The van der Waals surface area contributed by atoms with Crippen molar-refractivity contribution in [1.29, 1.82) is 0 Å². The van der Waals surface area contributed by atoms with Crippen LogP contribution in [0, 0.1) is 17.8 Å². The van der Waals surface area contributed by atoms with Crippen molar-refractivity contribution >= 4 is 5.97 Å². The molecule has 0 spiro atoms. The van der Waals surface area contributed by atoms with Crippen LogP contribution in [0.3, 0.4) is 0 Å². The second-order valence-electron chi connectivity index (χ2n) is 4.87. The molecule has 2 bridgehead atoms. The lowest BCUT2D eigenvalue weighted by Gasteiger charge is -2.28. The molecule has 0 aromatic heterocycles. The van der Waals surface area contributed by atoms with Crippen LogP contribution < -0.4 is 5.32 Å². The summed E-state index contributed by atoms with van der Waals surface area (Å²) in [4.78, 5) is 11.2. The molecule has 0 aromatic carbocycles. The Morgan fingerprint density at radius 1 is 1.44 bits per heavy atom. The highest BCUT2D eigenvalue weighted by molar-refractivity contribution is 5.72. The molecule has 2 aliphatic carbocycles. The van der Waals surface area contributed by atoms with Gasteiger partial charge in [0.25, 0.3) is 0 Å². The minimum absolute atomic E-state index is 0.166. The lowest BCUT2D eigenvalue weighted by Crippen LogP contribution is -2.45. The number of carboxylic acid groups (broad SMARTS) is 1. The summed E-state index contributed by atoms with van der Waals surface area (Å²) in [6.45, 7) is 4.14. The Bertz CT molecular complexity index is 257. The maximum absolute atomic E-state index is 11.2. The number of nitrogens with one attached hydrogen (secondary N) is 1. The van der Waals surface area contributed by atoms with Crippen LogP contribution in [0.15, 0.2) is 0 Å². The summed E-state index contributed by atoms with van der Waals surface area (Å²) < 4.78 is 5.26. The van der Waals surface area contributed by atoms with Gasteiger partial charge in [-0.1, -0.05) is 0 Å². The fourth-order valence-electron chi connectivity index (χ4n) is 3.38. The zero-order valence-electron chi connectivity index (χ0n) is 9.82. The van der Waals surface area contributed by atoms with E-state index in [0.29, 0.717) is 18.4 Å². The van der Waals surface area contributed by atoms with E-state index in [1.165, 1.54) is 6.42 Å². The molecule has 2 aliphatic rings. The van der Waals surface area contributed by atoms with Crippen LogP contribution in [-0.2, 0) is 9.53 Å². The van der Waals surface area contributed by atoms with Crippen molar-refractivity contribution in [2.24, 2.45) is 17.8 Å². The molecule has 92 valence electrons. The average molecular weight is 227 g/mol. The lowest BCUT2D eigenvalue weighted by molar-refractivity contribution is -0.144. The van der Waals surface area contributed by atoms with Gasteiger partial charge < -0.3 is 15.2 Å². The first-order valence-corrected chi connectivity index (χ1v) is 6.28. The van der Waals surface area contributed by atoms with Gasteiger partial charge in [0.1, 0.15) is 0 Å². The van der Waals surface area contributed by atoms with Crippen molar-refractivity contribution in [3.63, 3.8) is 0 Å². The van der Waals surface area contributed by atoms with Crippen LogP contribution in [-0.4, -0.2) is 36.9 Å². The third-order valence-electron chi connectivity index (χ3n) is 4.03. The molecule has 4 unspecified atom stereocenters. The molecule has 0 aromatic rings. The summed E-state index contributed by atoms with van der Waals surface area (Å²) in [5.74, 6) is 0.196. The molecule has 16 heavy (non-hydrogen) atoms. The van der Waals surface area contributed by atoms with Crippen molar-refractivity contribution in [2.45, 2.75) is 32.2 Å². The summed E-state index contributed by atoms with van der Waals surface area (Å²) >= 11 is 0. The molecule has 4 atom stereocenters. The summed E-state index contributed by atoms with van der Waals surface area (Å²) in [5, 5.41) is 12.6. The van der Waals surface area contributed by atoms with Gasteiger partial charge in [0.2, 0.25) is 0 Å². The Kier molecular flexibility index (Phi) is 3.82. The van der Waals surface area contributed by atoms with Gasteiger partial charge in [-0.3, -0.25) is 4.79 Å². The Balaban J connectivity index is 1.84. The third kappa shape index (κ3) is 2.23. The number of hydrogen-bond acceptors (Lipinski definition) is 3. The van der Waals surface area contributed by atoms with Crippen molar-refractivity contribution in [3.8, 4) is 0 Å². The highest BCUT2D eigenvalue weighted by Crippen LogP contribution is 2.48. The molecule has 0 amide bonds. The van der Waals surface area contributed by atoms with E-state index in [-0.39, 0.29) is 12.0 Å². The van der Waals surface area contributed by atoms with Crippen LogP contribution in [0.4, 0.5) is 0 Å². The monoisotopic (exact) mass is 227 g/mol. The number of carboxylic acids is 1. The quantitative estimate of drug-likeness (QED) is 0.667. The number of fused-ring (bicyclic) bond motifs is 2. The Morgan fingerprint density at radius 3 is 2.88 bits per heavy atom. The highest BCUT2D eigenvalue weighted by Gasteiger charge is 2.50. The lowest BCUT2D eigenvalue weighted by atomic mass is 9.84. The van der Waals surface area contributed by atoms with Gasteiger partial charge in [0.05, 0.1) is 12.5 Å². The topological polar surface area (TPSA) is 58.6 Å². The van der Waals surface area contributed by atoms with E-state index in [1.54, 1.807) is 0 Å². The zero-order chi connectivity index (χ0) is 11.5. The fraction of sp³-hybridized carbons (Fsp3) is 0.917. The molecular weight excluding hydrogens is 206 g/mol. The Hall–Kier alpha value is -0.610. The van der Waals surface area contributed by atoms with Gasteiger partial charge in [-0.05, 0) is 38.0 Å². The molecule has 2 rings (SSSR count). The fourth-order valence-corrected chi connectivity index (χ4v) is 3.38. The second-order valence-corrected chi connectivity index (χ2v) is 4.87. The molecule has 0 heterocycles. The van der Waals surface area contributed by atoms with E-state index < -0.39 is 5.97 Å². The van der Waals surface area contributed by atoms with Crippen molar-refractivity contribution in [1.82, 2.24) is 5.32 Å². The minimum Gasteiger partial charge on any atom is -0.481 e. The molecule has 0 saturated heterocycles. The zero-order valence-corrected chi connectivity index (χ0v) is 9.82. The predicted octanol–water partition coefficient (Wildman–Crippen LogP) is 1.11. The number of carbonyl (C=O) groups is 1. The number of rotatable bonds is 6. The molecule has 2 saturated carbocycles. The van der Waals surface area contributed by atoms with Crippen LogP contribution in [0.2, 0.25) is 0 Å². The standard InChI is InChI=1S/C12H21NO3/c1-2-16-6-5-13-11-9-4-3-8(7-9)10(11)12(14)15/h8-11,13H,2-7H2,1H3,(H,14,15). The van der Waals surface area contributed by atoms with Crippen molar-refractivity contribution in [3.05, 3.63) is 0 Å². The van der Waals surface area contributed by atoms with E-state index in [0.717, 1.165) is 26.0 Å². The predicted molar refractivity (Wildman–Crippen MR) is 60.2 cm³/mol. The first kappa shape index (κ1) is 11.9. The van der Waals surface area contributed by atoms with E-state index >= 15 is 0 Å². The van der Waals surface area contributed by atoms with Gasteiger partial charge in [-0.15, -0.1) is 0 Å². The van der Waals surface area contributed by atoms with Crippen LogP contribution in [0.1, 0.15) is 26.2 Å². The largest absolute Gasteiger partial charge is 0.481 e. The molecular formula is C12H21NO3. The van der Waals surface area contributed by atoms with Gasteiger partial charge in [0, 0.05) is 19.2 Å². The molecule has 0 radical (unpaired) electrons. The van der Waals surface area contributed by atoms with Gasteiger partial charge in [0.15, 0.2) is 0 Å². The maximum atomic E-state index is 11.2. The summed E-state index contributed by atoms with van der Waals surface area (Å²) in [6, 6.07) is 0.178. The normalized spacial score (nSPS) is 36.8. The number of hydrogen-bond donors (Lipinski definition) is 2. The smallest absolute Gasteiger partial charge is 0.308 e. The number of ether oxygens (including phenoxy) is 1. The molecule has 2 N–H and O–H groups in total. The second kappa shape index (κ2) is 5.15. The van der Waals surface area contributed by atoms with Crippen molar-refractivity contribution < 1.29 is 14.6 Å². The van der Waals surface area contributed by atoms with Gasteiger partial charge in [-0.2, -0.15) is 0 Å². The first-order chi connectivity index (χ1) is 7.74. The summed E-state index contributed by atoms with van der Waals surface area (Å²) in [6.07, 6.45) is 3.40. The van der Waals surface area contributed by atoms with Crippen LogP contribution >= 0.6 is 0 Å². The minimum atomic E-state index is -0.624. The molecule has 0 aliphatic heterocycles. The van der Waals surface area contributed by atoms with Crippen LogP contribution in [0.5, 0.6) is 0 Å². The Labute approximate surface area is 96.4 Å². The highest BCUT2D eigenvalue weighted by atomic mass is 16.5. The first-order valence-electron chi connectivity index (χ1n) is 6.28. The summed E-state index contributed by atoms with van der Waals surface area (Å²) in [5.41, 5.74) is 0. The molecule has 2 fully saturated rings. The average Bonchev–Trinajstić information content (AvgIpc) is 2.83. The summed E-state index contributed by atoms with van der Waals surface area (Å²) in [7, 11) is 0. The maximum Gasteiger partial charge on any atom is 0.308 e. The molecule has 4 heteroatoms. The van der Waals surface area contributed by atoms with Crippen molar-refractivity contribution in [2.75, 3.05) is 19.8 Å². The Morgan fingerprint density at radius 2 is 2.19 bits per heavy atom. The van der Waals surface area contributed by atoms with E-state index in [1.807, 2.05) is 6.92 Å². The SMILES string of the molecule is CCOCCNC1C2CCC(C2)C1C(=O)O. The van der Waals surface area contributed by atoms with E-state index in [2.05, 4.69) is 5.32 Å². The number of aliphatic carboxylic acids is 1. The van der Waals surface area contributed by atoms with Gasteiger partial charge >= 0.3 is 5.97 Å². The third-order valence-corrected chi connectivity index (χ3v) is 4.03.